The number of ether oxygens (including phenoxy) is 2. The second-order valence-corrected chi connectivity index (χ2v) is 7.91. The van der Waals surface area contributed by atoms with Crippen LogP contribution in [0.2, 0.25) is 0 Å². The highest BCUT2D eigenvalue weighted by molar-refractivity contribution is 14.0. The third-order valence-corrected chi connectivity index (χ3v) is 5.48. The molecule has 9 heteroatoms. The van der Waals surface area contributed by atoms with Crippen LogP contribution in [-0.2, 0) is 6.54 Å². The van der Waals surface area contributed by atoms with Crippen molar-refractivity contribution in [3.63, 3.8) is 0 Å². The van der Waals surface area contributed by atoms with Crippen molar-refractivity contribution in [3.05, 3.63) is 35.7 Å². The van der Waals surface area contributed by atoms with Crippen molar-refractivity contribution >= 4 is 35.6 Å². The highest BCUT2D eigenvalue weighted by Gasteiger charge is 2.24. The predicted molar refractivity (Wildman–Crippen MR) is 141 cm³/mol. The highest BCUT2D eigenvalue weighted by Crippen LogP contribution is 2.30. The molecule has 178 valence electrons. The molecule has 8 nitrogen and oxygen atoms in total. The lowest BCUT2D eigenvalue weighted by Crippen LogP contribution is -2.44. The molecule has 32 heavy (non-hydrogen) atoms. The van der Waals surface area contributed by atoms with E-state index in [2.05, 4.69) is 57.4 Å². The summed E-state index contributed by atoms with van der Waals surface area (Å²) in [5, 5.41) is 11.5. The van der Waals surface area contributed by atoms with Crippen molar-refractivity contribution in [2.75, 3.05) is 45.3 Å². The molecule has 0 aliphatic carbocycles. The van der Waals surface area contributed by atoms with Crippen LogP contribution in [0, 0.1) is 13.8 Å². The van der Waals surface area contributed by atoms with Crippen LogP contribution >= 0.6 is 24.0 Å². The number of aromatic nitrogens is 2. The van der Waals surface area contributed by atoms with Gasteiger partial charge in [-0.25, -0.2) is 0 Å². The number of hydrogen-bond acceptors (Lipinski definition) is 5. The second kappa shape index (κ2) is 12.8. The lowest BCUT2D eigenvalue weighted by atomic mass is 10.2. The number of aliphatic imine (C=N–C) groups is 1. The number of rotatable bonds is 9. The smallest absolute Gasteiger partial charge is 0.191 e. The molecule has 0 spiro atoms. The van der Waals surface area contributed by atoms with Crippen LogP contribution in [0.5, 0.6) is 11.5 Å². The molecule has 1 aliphatic heterocycles. The lowest BCUT2D eigenvalue weighted by molar-refractivity contribution is 0.394. The zero-order chi connectivity index (χ0) is 22.2. The molecule has 1 atom stereocenters. The van der Waals surface area contributed by atoms with Gasteiger partial charge in [-0.3, -0.25) is 9.67 Å². The molecule has 0 amide bonds. The Morgan fingerprint density at radius 2 is 1.88 bits per heavy atom. The average Bonchev–Trinajstić information content (AvgIpc) is 3.36. The summed E-state index contributed by atoms with van der Waals surface area (Å²) in [6.07, 6.45) is 2.01. The molecule has 2 aromatic rings. The Morgan fingerprint density at radius 1 is 1.16 bits per heavy atom. The Balaban J connectivity index is 0.00000363. The van der Waals surface area contributed by atoms with E-state index in [-0.39, 0.29) is 24.0 Å². The van der Waals surface area contributed by atoms with Gasteiger partial charge < -0.3 is 25.0 Å². The monoisotopic (exact) mass is 556 g/mol. The van der Waals surface area contributed by atoms with Crippen LogP contribution < -0.4 is 25.0 Å². The Kier molecular flexibility index (Phi) is 10.4. The number of guanidine groups is 1. The Labute approximate surface area is 208 Å². The maximum atomic E-state index is 5.42. The van der Waals surface area contributed by atoms with Crippen molar-refractivity contribution in [2.45, 2.75) is 46.2 Å². The van der Waals surface area contributed by atoms with Crippen molar-refractivity contribution < 1.29 is 9.47 Å². The third-order valence-electron chi connectivity index (χ3n) is 5.48. The number of benzene rings is 1. The van der Waals surface area contributed by atoms with Gasteiger partial charge in [-0.15, -0.1) is 24.0 Å². The van der Waals surface area contributed by atoms with Gasteiger partial charge in [0.05, 0.1) is 19.9 Å². The van der Waals surface area contributed by atoms with E-state index in [0.29, 0.717) is 6.04 Å². The molecule has 2 N–H and O–H groups in total. The van der Waals surface area contributed by atoms with E-state index in [0.717, 1.165) is 74.4 Å². The highest BCUT2D eigenvalue weighted by atomic mass is 127. The number of aryl methyl sites for hydroxylation is 3. The summed E-state index contributed by atoms with van der Waals surface area (Å²) in [7, 11) is 3.36. The zero-order valence-corrected chi connectivity index (χ0v) is 22.2. The number of halogens is 1. The first-order valence-electron chi connectivity index (χ1n) is 11.1. The van der Waals surface area contributed by atoms with Crippen molar-refractivity contribution in [1.82, 2.24) is 20.4 Å². The summed E-state index contributed by atoms with van der Waals surface area (Å²) < 4.78 is 12.9. The predicted octanol–water partition coefficient (Wildman–Crippen LogP) is 3.36. The van der Waals surface area contributed by atoms with Crippen LogP contribution in [-0.4, -0.2) is 62.2 Å². The molecular formula is C23H37IN6O2. The van der Waals surface area contributed by atoms with Crippen molar-refractivity contribution in [1.29, 1.82) is 0 Å². The molecule has 0 radical (unpaired) electrons. The number of anilines is 1. The lowest BCUT2D eigenvalue weighted by Gasteiger charge is -2.21. The maximum absolute atomic E-state index is 5.42. The minimum atomic E-state index is 0. The van der Waals surface area contributed by atoms with Gasteiger partial charge in [0.1, 0.15) is 11.5 Å². The van der Waals surface area contributed by atoms with E-state index in [1.54, 1.807) is 14.2 Å². The Morgan fingerprint density at radius 3 is 2.47 bits per heavy atom. The fourth-order valence-corrected chi connectivity index (χ4v) is 3.91. The molecule has 1 saturated heterocycles. The Bertz CT molecular complexity index is 863. The minimum Gasteiger partial charge on any atom is -0.497 e. The van der Waals surface area contributed by atoms with E-state index in [4.69, 9.17) is 14.5 Å². The summed E-state index contributed by atoms with van der Waals surface area (Å²) in [4.78, 5) is 7.13. The first-order chi connectivity index (χ1) is 15.0. The summed E-state index contributed by atoms with van der Waals surface area (Å²) in [6, 6.07) is 8.47. The van der Waals surface area contributed by atoms with Crippen LogP contribution in [0.4, 0.5) is 5.69 Å². The Hall–Kier alpha value is -2.17. The normalized spacial score (nSPS) is 16.0. The van der Waals surface area contributed by atoms with Crippen molar-refractivity contribution in [2.24, 2.45) is 4.99 Å². The van der Waals surface area contributed by atoms with Crippen molar-refractivity contribution in [3.8, 4) is 11.5 Å². The van der Waals surface area contributed by atoms with Gasteiger partial charge in [-0.2, -0.15) is 5.10 Å². The van der Waals surface area contributed by atoms with Gasteiger partial charge in [0.25, 0.3) is 0 Å². The largest absolute Gasteiger partial charge is 0.497 e. The van der Waals surface area contributed by atoms with Gasteiger partial charge in [0.2, 0.25) is 0 Å². The fourth-order valence-electron chi connectivity index (χ4n) is 3.91. The van der Waals surface area contributed by atoms with E-state index in [9.17, 15) is 0 Å². The molecular weight excluding hydrogens is 519 g/mol. The minimum absolute atomic E-state index is 0. The third kappa shape index (κ3) is 7.18. The first kappa shape index (κ1) is 26.1. The van der Waals surface area contributed by atoms with E-state index < -0.39 is 0 Å². The molecule has 3 rings (SSSR count). The molecule has 0 bridgehead atoms. The average molecular weight is 556 g/mol. The zero-order valence-electron chi connectivity index (χ0n) is 19.9. The summed E-state index contributed by atoms with van der Waals surface area (Å²) in [6.45, 7) is 10.6. The van der Waals surface area contributed by atoms with Crippen LogP contribution in [0.15, 0.2) is 29.3 Å². The summed E-state index contributed by atoms with van der Waals surface area (Å²) in [5.74, 6) is 2.50. The summed E-state index contributed by atoms with van der Waals surface area (Å²) in [5.41, 5.74) is 3.38. The van der Waals surface area contributed by atoms with Crippen LogP contribution in [0.25, 0.3) is 0 Å². The summed E-state index contributed by atoms with van der Waals surface area (Å²) >= 11 is 0. The first-order valence-corrected chi connectivity index (χ1v) is 11.1. The molecule has 0 saturated carbocycles. The molecule has 1 unspecified atom stereocenters. The van der Waals surface area contributed by atoms with E-state index >= 15 is 0 Å². The SMILES string of the molecule is CCNC(=NCCCn1nc(C)cc1C)NC1CCN(c2cc(OC)cc(OC)c2)C1.I. The number of hydrogen-bond donors (Lipinski definition) is 2. The molecule has 1 aliphatic rings. The maximum Gasteiger partial charge on any atom is 0.191 e. The van der Waals surface area contributed by atoms with Gasteiger partial charge in [0.15, 0.2) is 5.96 Å². The second-order valence-electron chi connectivity index (χ2n) is 7.91. The van der Waals surface area contributed by atoms with Crippen LogP contribution in [0.3, 0.4) is 0 Å². The number of nitrogens with zero attached hydrogens (tertiary/aromatic N) is 4. The fraction of sp³-hybridized carbons (Fsp3) is 0.565. The number of nitrogens with one attached hydrogen (secondary N) is 2. The topological polar surface area (TPSA) is 75.9 Å². The van der Waals surface area contributed by atoms with Gasteiger partial charge in [-0.05, 0) is 39.7 Å². The molecule has 1 aromatic heterocycles. The van der Waals surface area contributed by atoms with E-state index in [1.807, 2.05) is 13.0 Å². The molecule has 2 heterocycles. The quantitative estimate of drug-likeness (QED) is 0.214. The van der Waals surface area contributed by atoms with Gasteiger partial charge in [-0.1, -0.05) is 0 Å². The molecule has 1 fully saturated rings. The van der Waals surface area contributed by atoms with E-state index in [1.165, 1.54) is 5.69 Å². The van der Waals surface area contributed by atoms with Gasteiger partial charge in [0, 0.05) is 68.3 Å². The number of methoxy groups -OCH3 is 2. The van der Waals surface area contributed by atoms with Crippen LogP contribution in [0.1, 0.15) is 31.2 Å². The van der Waals surface area contributed by atoms with Gasteiger partial charge >= 0.3 is 0 Å². The standard InChI is InChI=1S/C23H36N6O2.HI/c1-6-24-23(25-9-7-10-29-18(3)12-17(2)27-29)26-19-8-11-28(16-19)20-13-21(30-4)15-22(14-20)31-5;/h12-15,19H,6-11,16H2,1-5H3,(H2,24,25,26);1H. The molecule has 1 aromatic carbocycles.